The van der Waals surface area contributed by atoms with E-state index in [0.717, 1.165) is 6.42 Å². The summed E-state index contributed by atoms with van der Waals surface area (Å²) in [5, 5.41) is 12.5. The lowest BCUT2D eigenvalue weighted by atomic mass is 9.96. The summed E-state index contributed by atoms with van der Waals surface area (Å²) < 4.78 is 26.4. The van der Waals surface area contributed by atoms with Crippen LogP contribution in [0, 0.1) is 0 Å². The minimum Gasteiger partial charge on any atom is -0.506 e. The maximum absolute atomic E-state index is 12.6. The number of nitrogens with one attached hydrogen (secondary N) is 1. The van der Waals surface area contributed by atoms with Crippen LogP contribution < -0.4 is 11.1 Å². The number of rotatable bonds is 8. The fraction of sp³-hybridized carbons (Fsp3) is 0.562. The Morgan fingerprint density at radius 3 is 2.38 bits per heavy atom. The third-order valence-electron chi connectivity index (χ3n) is 3.85. The number of aromatic hydroxyl groups is 1. The second-order valence-corrected chi connectivity index (χ2v) is 7.83. The van der Waals surface area contributed by atoms with E-state index < -0.39 is 21.5 Å². The van der Waals surface area contributed by atoms with Crippen LogP contribution in [0.2, 0.25) is 0 Å². The van der Waals surface area contributed by atoms with E-state index >= 15 is 0 Å². The Hall–Kier alpha value is -1.64. The molecule has 0 heterocycles. The molecule has 0 aliphatic carbocycles. The molecule has 1 unspecified atom stereocenters. The lowest BCUT2D eigenvalue weighted by Crippen LogP contribution is -2.48. The molecule has 1 amide bonds. The molecule has 1 atom stereocenters. The van der Waals surface area contributed by atoms with Crippen molar-refractivity contribution in [3.8, 4) is 5.75 Å². The van der Waals surface area contributed by atoms with Crippen LogP contribution in [-0.4, -0.2) is 42.4 Å². The Bertz CT molecular complexity index is 683. The van der Waals surface area contributed by atoms with E-state index in [2.05, 4.69) is 5.32 Å². The first-order valence-corrected chi connectivity index (χ1v) is 9.47. The normalized spacial score (nSPS) is 14.4. The molecule has 136 valence electrons. The summed E-state index contributed by atoms with van der Waals surface area (Å²) in [6, 6.07) is 3.81. The van der Waals surface area contributed by atoms with Gasteiger partial charge in [0.15, 0.2) is 0 Å². The molecule has 7 nitrogen and oxygen atoms in total. The van der Waals surface area contributed by atoms with Crippen LogP contribution in [0.15, 0.2) is 23.1 Å². The summed E-state index contributed by atoms with van der Waals surface area (Å²) in [7, 11) is -3.68. The second-order valence-electron chi connectivity index (χ2n) is 5.89. The smallest absolute Gasteiger partial charge is 0.244 e. The minimum absolute atomic E-state index is 0.00789. The average Bonchev–Trinajstić information content (AvgIpc) is 2.50. The number of phenols is 1. The minimum atomic E-state index is -3.68. The first-order valence-electron chi connectivity index (χ1n) is 8.03. The summed E-state index contributed by atoms with van der Waals surface area (Å²) in [5.74, 6) is -0.689. The SMILES string of the molecule is CCCC(C)(N)C(=O)Nc1cc(S(=O)(=O)N(CC)CC)ccc1O. The van der Waals surface area contributed by atoms with E-state index in [9.17, 15) is 18.3 Å². The van der Waals surface area contributed by atoms with Crippen LogP contribution in [-0.2, 0) is 14.8 Å². The monoisotopic (exact) mass is 357 g/mol. The Morgan fingerprint density at radius 2 is 1.88 bits per heavy atom. The van der Waals surface area contributed by atoms with Crippen molar-refractivity contribution in [1.29, 1.82) is 0 Å². The van der Waals surface area contributed by atoms with Gasteiger partial charge in [0.1, 0.15) is 5.75 Å². The number of benzene rings is 1. The van der Waals surface area contributed by atoms with Gasteiger partial charge in [-0.2, -0.15) is 4.31 Å². The van der Waals surface area contributed by atoms with Gasteiger partial charge in [-0.1, -0.05) is 27.2 Å². The van der Waals surface area contributed by atoms with E-state index in [1.54, 1.807) is 20.8 Å². The molecule has 1 aromatic rings. The Kier molecular flexibility index (Phi) is 6.76. The predicted molar refractivity (Wildman–Crippen MR) is 94.3 cm³/mol. The van der Waals surface area contributed by atoms with Crippen molar-refractivity contribution in [2.45, 2.75) is 51.0 Å². The van der Waals surface area contributed by atoms with Crippen molar-refractivity contribution in [3.63, 3.8) is 0 Å². The molecule has 1 aromatic carbocycles. The van der Waals surface area contributed by atoms with Crippen molar-refractivity contribution >= 4 is 21.6 Å². The maximum atomic E-state index is 12.6. The number of hydrogen-bond donors (Lipinski definition) is 3. The topological polar surface area (TPSA) is 113 Å². The lowest BCUT2D eigenvalue weighted by Gasteiger charge is -2.23. The highest BCUT2D eigenvalue weighted by molar-refractivity contribution is 7.89. The van der Waals surface area contributed by atoms with Crippen molar-refractivity contribution in [1.82, 2.24) is 4.31 Å². The largest absolute Gasteiger partial charge is 0.506 e. The van der Waals surface area contributed by atoms with E-state index in [4.69, 9.17) is 5.73 Å². The average molecular weight is 357 g/mol. The molecule has 0 aliphatic rings. The van der Waals surface area contributed by atoms with Crippen molar-refractivity contribution in [3.05, 3.63) is 18.2 Å². The fourth-order valence-corrected chi connectivity index (χ4v) is 3.87. The van der Waals surface area contributed by atoms with Gasteiger partial charge in [-0.15, -0.1) is 0 Å². The summed E-state index contributed by atoms with van der Waals surface area (Å²) in [5.41, 5.74) is 4.89. The molecule has 0 bridgehead atoms. The third-order valence-corrected chi connectivity index (χ3v) is 5.89. The van der Waals surface area contributed by atoms with Gasteiger partial charge in [-0.25, -0.2) is 8.42 Å². The molecule has 4 N–H and O–H groups in total. The molecule has 0 spiro atoms. The van der Waals surface area contributed by atoms with E-state index in [0.29, 0.717) is 19.5 Å². The van der Waals surface area contributed by atoms with Crippen LogP contribution in [0.5, 0.6) is 5.75 Å². The summed E-state index contributed by atoms with van der Waals surface area (Å²) in [4.78, 5) is 12.3. The Morgan fingerprint density at radius 1 is 1.29 bits per heavy atom. The number of sulfonamides is 1. The molecule has 0 aliphatic heterocycles. The van der Waals surface area contributed by atoms with Crippen LogP contribution in [0.3, 0.4) is 0 Å². The molecule has 0 aromatic heterocycles. The fourth-order valence-electron chi connectivity index (χ4n) is 2.39. The van der Waals surface area contributed by atoms with E-state index in [1.165, 1.54) is 22.5 Å². The molecular weight excluding hydrogens is 330 g/mol. The van der Waals surface area contributed by atoms with E-state index in [1.807, 2.05) is 6.92 Å². The highest BCUT2D eigenvalue weighted by atomic mass is 32.2. The number of nitrogens with zero attached hydrogens (tertiary/aromatic N) is 1. The van der Waals surface area contributed by atoms with Gasteiger partial charge in [0, 0.05) is 13.1 Å². The van der Waals surface area contributed by atoms with Gasteiger partial charge in [-0.05, 0) is 31.5 Å². The molecule has 0 saturated carbocycles. The van der Waals surface area contributed by atoms with Crippen LogP contribution >= 0.6 is 0 Å². The summed E-state index contributed by atoms with van der Waals surface area (Å²) in [6.45, 7) is 7.66. The number of carbonyl (C=O) groups is 1. The lowest BCUT2D eigenvalue weighted by molar-refractivity contribution is -0.120. The first-order chi connectivity index (χ1) is 11.1. The molecular formula is C16H27N3O4S. The van der Waals surface area contributed by atoms with Crippen molar-refractivity contribution < 1.29 is 18.3 Å². The molecule has 24 heavy (non-hydrogen) atoms. The van der Waals surface area contributed by atoms with Crippen LogP contribution in [0.25, 0.3) is 0 Å². The van der Waals surface area contributed by atoms with E-state index in [-0.39, 0.29) is 16.3 Å². The number of nitrogens with two attached hydrogens (primary N) is 1. The number of hydrogen-bond acceptors (Lipinski definition) is 5. The highest BCUT2D eigenvalue weighted by Crippen LogP contribution is 2.28. The van der Waals surface area contributed by atoms with Gasteiger partial charge in [0.2, 0.25) is 15.9 Å². The highest BCUT2D eigenvalue weighted by Gasteiger charge is 2.29. The van der Waals surface area contributed by atoms with Crippen molar-refractivity contribution in [2.75, 3.05) is 18.4 Å². The summed E-state index contributed by atoms with van der Waals surface area (Å²) >= 11 is 0. The van der Waals surface area contributed by atoms with Crippen LogP contribution in [0.1, 0.15) is 40.5 Å². The third kappa shape index (κ3) is 4.46. The van der Waals surface area contributed by atoms with Gasteiger partial charge >= 0.3 is 0 Å². The van der Waals surface area contributed by atoms with Gasteiger partial charge in [0.25, 0.3) is 0 Å². The van der Waals surface area contributed by atoms with Gasteiger partial charge < -0.3 is 16.2 Å². The maximum Gasteiger partial charge on any atom is 0.244 e. The predicted octanol–water partition coefficient (Wildman–Crippen LogP) is 1.88. The van der Waals surface area contributed by atoms with Crippen LogP contribution in [0.4, 0.5) is 5.69 Å². The second kappa shape index (κ2) is 7.96. The summed E-state index contributed by atoms with van der Waals surface area (Å²) in [6.07, 6.45) is 1.19. The van der Waals surface area contributed by atoms with Crippen molar-refractivity contribution in [2.24, 2.45) is 5.73 Å². The van der Waals surface area contributed by atoms with Gasteiger partial charge in [0.05, 0.1) is 16.1 Å². The number of amides is 1. The Balaban J connectivity index is 3.18. The first kappa shape index (κ1) is 20.4. The molecule has 8 heteroatoms. The number of carbonyl (C=O) groups excluding carboxylic acids is 1. The Labute approximate surface area is 143 Å². The standard InChI is InChI=1S/C16H27N3O4S/c1-5-10-16(4,17)15(21)18-13-11-12(8-9-14(13)20)24(22,23)19(6-2)7-3/h8-9,11,20H,5-7,10,17H2,1-4H3,(H,18,21). The molecule has 0 saturated heterocycles. The molecule has 1 rings (SSSR count). The zero-order valence-electron chi connectivity index (χ0n) is 14.7. The number of phenolic OH excluding ortho intramolecular Hbond substituents is 1. The quantitative estimate of drug-likeness (QED) is 0.615. The zero-order chi connectivity index (χ0) is 18.5. The zero-order valence-corrected chi connectivity index (χ0v) is 15.5. The van der Waals surface area contributed by atoms with Gasteiger partial charge in [-0.3, -0.25) is 4.79 Å². The molecule has 0 radical (unpaired) electrons. The number of anilines is 1. The molecule has 0 fully saturated rings.